The fourth-order valence-corrected chi connectivity index (χ4v) is 4.56. The molecule has 4 nitrogen and oxygen atoms in total. The van der Waals surface area contributed by atoms with Crippen molar-refractivity contribution in [3.05, 3.63) is 29.8 Å². The van der Waals surface area contributed by atoms with Gasteiger partial charge in [-0.1, -0.05) is 30.5 Å². The molecule has 3 atom stereocenters. The zero-order valence-electron chi connectivity index (χ0n) is 13.7. The highest BCUT2D eigenvalue weighted by molar-refractivity contribution is 6.22. The molecule has 2 aliphatic heterocycles. The van der Waals surface area contributed by atoms with Crippen molar-refractivity contribution in [1.82, 2.24) is 4.90 Å². The number of imide groups is 1. The van der Waals surface area contributed by atoms with Gasteiger partial charge in [-0.15, -0.1) is 0 Å². The van der Waals surface area contributed by atoms with E-state index >= 15 is 0 Å². The topological polar surface area (TPSA) is 40.6 Å². The van der Waals surface area contributed by atoms with Crippen molar-refractivity contribution in [2.24, 2.45) is 11.8 Å². The first kappa shape index (κ1) is 14.9. The van der Waals surface area contributed by atoms with Crippen molar-refractivity contribution >= 4 is 17.5 Å². The second kappa shape index (κ2) is 5.75. The van der Waals surface area contributed by atoms with Crippen LogP contribution in [0.4, 0.5) is 5.69 Å². The third-order valence-electron chi connectivity index (χ3n) is 5.86. The molecule has 122 valence electrons. The van der Waals surface area contributed by atoms with Crippen LogP contribution in [0.2, 0.25) is 0 Å². The van der Waals surface area contributed by atoms with Gasteiger partial charge in [0, 0.05) is 13.1 Å². The predicted octanol–water partition coefficient (Wildman–Crippen LogP) is 2.75. The van der Waals surface area contributed by atoms with E-state index in [0.29, 0.717) is 12.1 Å². The van der Waals surface area contributed by atoms with E-state index in [1.54, 1.807) is 0 Å². The van der Waals surface area contributed by atoms with E-state index in [1.165, 1.54) is 30.6 Å². The number of carbonyl (C=O) groups is 2. The van der Waals surface area contributed by atoms with E-state index < -0.39 is 0 Å². The second-order valence-electron chi connectivity index (χ2n) is 7.38. The van der Waals surface area contributed by atoms with Crippen LogP contribution in [0.5, 0.6) is 0 Å². The lowest BCUT2D eigenvalue weighted by Crippen LogP contribution is -2.41. The van der Waals surface area contributed by atoms with Crippen LogP contribution in [0.25, 0.3) is 0 Å². The largest absolute Gasteiger partial charge is 0.291 e. The van der Waals surface area contributed by atoms with Gasteiger partial charge in [-0.2, -0.15) is 0 Å². The highest BCUT2D eigenvalue weighted by Gasteiger charge is 2.46. The molecule has 1 aromatic rings. The molecule has 2 amide bonds. The van der Waals surface area contributed by atoms with Gasteiger partial charge in [0.05, 0.1) is 18.2 Å². The van der Waals surface area contributed by atoms with Gasteiger partial charge < -0.3 is 0 Å². The lowest BCUT2D eigenvalue weighted by Gasteiger charge is -2.23. The normalized spacial score (nSPS) is 31.7. The summed E-state index contributed by atoms with van der Waals surface area (Å²) in [5.41, 5.74) is 1.85. The molecule has 2 heterocycles. The number of aryl methyl sites for hydroxylation is 1. The zero-order valence-corrected chi connectivity index (χ0v) is 13.7. The number of rotatable bonds is 2. The summed E-state index contributed by atoms with van der Waals surface area (Å²) >= 11 is 0. The van der Waals surface area contributed by atoms with Crippen molar-refractivity contribution in [2.75, 3.05) is 18.0 Å². The minimum absolute atomic E-state index is 0.0301. The van der Waals surface area contributed by atoms with E-state index in [1.807, 2.05) is 31.2 Å². The quantitative estimate of drug-likeness (QED) is 0.789. The van der Waals surface area contributed by atoms with Crippen LogP contribution in [0.3, 0.4) is 0 Å². The molecule has 0 N–H and O–H groups in total. The van der Waals surface area contributed by atoms with E-state index in [9.17, 15) is 9.59 Å². The van der Waals surface area contributed by atoms with E-state index in [0.717, 1.165) is 30.5 Å². The molecule has 1 aromatic carbocycles. The number of likely N-dealkylation sites (tertiary alicyclic amines) is 1. The average molecular weight is 312 g/mol. The molecule has 3 fully saturated rings. The van der Waals surface area contributed by atoms with Gasteiger partial charge in [-0.05, 0) is 43.7 Å². The van der Waals surface area contributed by atoms with Crippen molar-refractivity contribution in [2.45, 2.75) is 45.1 Å². The fourth-order valence-electron chi connectivity index (χ4n) is 4.56. The number of nitrogens with zero attached hydrogens (tertiary/aromatic N) is 2. The van der Waals surface area contributed by atoms with Crippen LogP contribution in [0.1, 0.15) is 37.7 Å². The Morgan fingerprint density at radius 1 is 0.957 bits per heavy atom. The van der Waals surface area contributed by atoms with Crippen LogP contribution in [-0.2, 0) is 9.59 Å². The average Bonchev–Trinajstić information content (AvgIpc) is 3.09. The van der Waals surface area contributed by atoms with Gasteiger partial charge in [-0.25, -0.2) is 4.90 Å². The SMILES string of the molecule is Cc1ccc(N2C(=O)C[C@@H](N3C[C@H]4CCCC[C@H]4C3)C2=O)cc1. The van der Waals surface area contributed by atoms with E-state index in [-0.39, 0.29) is 17.9 Å². The summed E-state index contributed by atoms with van der Waals surface area (Å²) in [7, 11) is 0. The highest BCUT2D eigenvalue weighted by Crippen LogP contribution is 2.38. The first-order valence-electron chi connectivity index (χ1n) is 8.81. The van der Waals surface area contributed by atoms with Gasteiger partial charge in [0.15, 0.2) is 0 Å². The van der Waals surface area contributed by atoms with Crippen LogP contribution >= 0.6 is 0 Å². The minimum Gasteiger partial charge on any atom is -0.291 e. The number of hydrogen-bond donors (Lipinski definition) is 0. The summed E-state index contributed by atoms with van der Waals surface area (Å²) in [6.07, 6.45) is 5.56. The second-order valence-corrected chi connectivity index (χ2v) is 7.38. The molecule has 1 saturated carbocycles. The maximum absolute atomic E-state index is 12.9. The molecule has 0 unspecified atom stereocenters. The Morgan fingerprint density at radius 3 is 2.17 bits per heavy atom. The molecule has 3 aliphatic rings. The lowest BCUT2D eigenvalue weighted by molar-refractivity contribution is -0.122. The minimum atomic E-state index is -0.241. The molecule has 4 heteroatoms. The number of amides is 2. The van der Waals surface area contributed by atoms with E-state index in [2.05, 4.69) is 4.90 Å². The number of anilines is 1. The number of carbonyl (C=O) groups excluding carboxylic acids is 2. The summed E-state index contributed by atoms with van der Waals surface area (Å²) in [5.74, 6) is 1.39. The maximum atomic E-state index is 12.9. The van der Waals surface area contributed by atoms with Gasteiger partial charge in [0.1, 0.15) is 0 Å². The first-order valence-corrected chi connectivity index (χ1v) is 8.81. The highest BCUT2D eigenvalue weighted by atomic mass is 16.2. The lowest BCUT2D eigenvalue weighted by atomic mass is 9.82. The molecule has 0 aromatic heterocycles. The smallest absolute Gasteiger partial charge is 0.251 e. The summed E-state index contributed by atoms with van der Waals surface area (Å²) in [5, 5.41) is 0. The van der Waals surface area contributed by atoms with Gasteiger partial charge in [0.2, 0.25) is 5.91 Å². The van der Waals surface area contributed by atoms with Gasteiger partial charge in [-0.3, -0.25) is 14.5 Å². The summed E-state index contributed by atoms with van der Waals surface area (Å²) in [6, 6.07) is 7.41. The molecular weight excluding hydrogens is 288 g/mol. The van der Waals surface area contributed by atoms with Crippen LogP contribution in [0, 0.1) is 18.8 Å². The van der Waals surface area contributed by atoms with Crippen molar-refractivity contribution in [3.8, 4) is 0 Å². The molecule has 0 spiro atoms. The van der Waals surface area contributed by atoms with Crippen LogP contribution in [0.15, 0.2) is 24.3 Å². The van der Waals surface area contributed by atoms with Crippen LogP contribution < -0.4 is 4.90 Å². The Labute approximate surface area is 137 Å². The Morgan fingerprint density at radius 2 is 1.57 bits per heavy atom. The summed E-state index contributed by atoms with van der Waals surface area (Å²) < 4.78 is 0. The first-order chi connectivity index (χ1) is 11.1. The number of benzene rings is 1. The summed E-state index contributed by atoms with van der Waals surface area (Å²) in [4.78, 5) is 29.0. The van der Waals surface area contributed by atoms with Gasteiger partial charge >= 0.3 is 0 Å². The van der Waals surface area contributed by atoms with Gasteiger partial charge in [0.25, 0.3) is 5.91 Å². The number of hydrogen-bond acceptors (Lipinski definition) is 3. The standard InChI is InChI=1S/C19H24N2O2/c1-13-6-8-16(9-7-13)21-18(22)10-17(19(21)23)20-11-14-4-2-3-5-15(14)12-20/h6-9,14-15,17H,2-5,10-12H2,1H3/t14-,15+,17-/m1/s1. The Hall–Kier alpha value is -1.68. The van der Waals surface area contributed by atoms with Crippen molar-refractivity contribution in [3.63, 3.8) is 0 Å². The molecule has 23 heavy (non-hydrogen) atoms. The summed E-state index contributed by atoms with van der Waals surface area (Å²) in [6.45, 7) is 4.00. The molecule has 0 bridgehead atoms. The number of fused-ring (bicyclic) bond motifs is 1. The maximum Gasteiger partial charge on any atom is 0.251 e. The van der Waals surface area contributed by atoms with Crippen LogP contribution in [-0.4, -0.2) is 35.8 Å². The fraction of sp³-hybridized carbons (Fsp3) is 0.579. The Balaban J connectivity index is 1.52. The zero-order chi connectivity index (χ0) is 16.0. The monoisotopic (exact) mass is 312 g/mol. The molecule has 0 radical (unpaired) electrons. The third-order valence-corrected chi connectivity index (χ3v) is 5.86. The Bertz CT molecular complexity index is 611. The Kier molecular flexibility index (Phi) is 3.72. The molecule has 2 saturated heterocycles. The molecular formula is C19H24N2O2. The third kappa shape index (κ3) is 2.59. The molecule has 4 rings (SSSR count). The van der Waals surface area contributed by atoms with E-state index in [4.69, 9.17) is 0 Å². The van der Waals surface area contributed by atoms with Crippen molar-refractivity contribution in [1.29, 1.82) is 0 Å². The molecule has 1 aliphatic carbocycles. The predicted molar refractivity (Wildman–Crippen MR) is 89.1 cm³/mol. The van der Waals surface area contributed by atoms with Crippen molar-refractivity contribution < 1.29 is 9.59 Å².